The van der Waals surface area contributed by atoms with Gasteiger partial charge in [-0.1, -0.05) is 55.8 Å². The van der Waals surface area contributed by atoms with Crippen LogP contribution < -0.4 is 9.47 Å². The smallest absolute Gasteiger partial charge is 0.163 e. The van der Waals surface area contributed by atoms with Gasteiger partial charge < -0.3 is 9.47 Å². The monoisotopic (exact) mass is 256 g/mol. The predicted molar refractivity (Wildman–Crippen MR) is 77.8 cm³/mol. The number of rotatable bonds is 6. The lowest BCUT2D eigenvalue weighted by molar-refractivity contribution is 0.283. The van der Waals surface area contributed by atoms with Crippen LogP contribution in [0.15, 0.2) is 48.5 Å². The Kier molecular flexibility index (Phi) is 4.85. The van der Waals surface area contributed by atoms with Crippen LogP contribution in [0.4, 0.5) is 0 Å². The van der Waals surface area contributed by atoms with Gasteiger partial charge in [0.25, 0.3) is 0 Å². The first-order valence-corrected chi connectivity index (χ1v) is 6.67. The van der Waals surface area contributed by atoms with Crippen LogP contribution in [0.3, 0.4) is 0 Å². The third-order valence-electron chi connectivity index (χ3n) is 3.02. The quantitative estimate of drug-likeness (QED) is 0.770. The Labute approximate surface area is 115 Å². The van der Waals surface area contributed by atoms with Crippen LogP contribution in [0, 0.1) is 0 Å². The van der Waals surface area contributed by atoms with Gasteiger partial charge in [-0.05, 0) is 23.6 Å². The van der Waals surface area contributed by atoms with Gasteiger partial charge in [0, 0.05) is 0 Å². The maximum absolute atomic E-state index is 5.88. The second kappa shape index (κ2) is 6.83. The molecule has 2 nitrogen and oxygen atoms in total. The third-order valence-corrected chi connectivity index (χ3v) is 3.02. The molecule has 2 aromatic rings. The minimum Gasteiger partial charge on any atom is -0.493 e. The van der Waals surface area contributed by atoms with Crippen molar-refractivity contribution in [2.75, 3.05) is 7.11 Å². The number of para-hydroxylation sites is 1. The standard InChI is InChI=1S/C17H20O2/c1-3-8-15-11-7-12-16(17(15)18-2)19-13-14-9-5-4-6-10-14/h4-7,9-12H,3,8,13H2,1-2H3. The van der Waals surface area contributed by atoms with Crippen molar-refractivity contribution in [3.05, 3.63) is 59.7 Å². The lowest BCUT2D eigenvalue weighted by Crippen LogP contribution is -2.00. The average Bonchev–Trinajstić information content (AvgIpc) is 2.46. The van der Waals surface area contributed by atoms with Gasteiger partial charge in [-0.15, -0.1) is 0 Å². The Morgan fingerprint density at radius 1 is 0.947 bits per heavy atom. The Hall–Kier alpha value is -1.96. The molecule has 0 radical (unpaired) electrons. The molecule has 2 rings (SSSR count). The van der Waals surface area contributed by atoms with Crippen LogP contribution in [0.5, 0.6) is 11.5 Å². The van der Waals surface area contributed by atoms with Crippen molar-refractivity contribution in [1.29, 1.82) is 0 Å². The number of methoxy groups -OCH3 is 1. The molecule has 0 aromatic heterocycles. The highest BCUT2D eigenvalue weighted by Crippen LogP contribution is 2.32. The van der Waals surface area contributed by atoms with Crippen LogP contribution >= 0.6 is 0 Å². The second-order valence-corrected chi connectivity index (χ2v) is 4.47. The van der Waals surface area contributed by atoms with Crippen LogP contribution in [-0.4, -0.2) is 7.11 Å². The normalized spacial score (nSPS) is 10.2. The molecule has 2 aromatic carbocycles. The molecular weight excluding hydrogens is 236 g/mol. The van der Waals surface area contributed by atoms with E-state index in [0.29, 0.717) is 6.61 Å². The van der Waals surface area contributed by atoms with Crippen molar-refractivity contribution in [3.8, 4) is 11.5 Å². The van der Waals surface area contributed by atoms with Gasteiger partial charge >= 0.3 is 0 Å². The van der Waals surface area contributed by atoms with E-state index in [1.807, 2.05) is 30.3 Å². The molecule has 0 aliphatic rings. The van der Waals surface area contributed by atoms with Crippen molar-refractivity contribution in [2.45, 2.75) is 26.4 Å². The zero-order valence-electron chi connectivity index (χ0n) is 11.6. The van der Waals surface area contributed by atoms with Crippen LogP contribution in [0.2, 0.25) is 0 Å². The maximum atomic E-state index is 5.88. The van der Waals surface area contributed by atoms with Crippen molar-refractivity contribution < 1.29 is 9.47 Å². The molecule has 0 unspecified atom stereocenters. The summed E-state index contributed by atoms with van der Waals surface area (Å²) in [6, 6.07) is 16.2. The maximum Gasteiger partial charge on any atom is 0.163 e. The summed E-state index contributed by atoms with van der Waals surface area (Å²) < 4.78 is 11.4. The fraction of sp³-hybridized carbons (Fsp3) is 0.294. The predicted octanol–water partition coefficient (Wildman–Crippen LogP) is 4.23. The highest BCUT2D eigenvalue weighted by Gasteiger charge is 2.09. The molecule has 0 aliphatic heterocycles. The van der Waals surface area contributed by atoms with E-state index in [2.05, 4.69) is 25.1 Å². The molecule has 0 saturated carbocycles. The molecule has 0 heterocycles. The molecule has 0 amide bonds. The van der Waals surface area contributed by atoms with Crippen molar-refractivity contribution >= 4 is 0 Å². The van der Waals surface area contributed by atoms with E-state index in [0.717, 1.165) is 29.9 Å². The van der Waals surface area contributed by atoms with Crippen LogP contribution in [0.1, 0.15) is 24.5 Å². The SMILES string of the molecule is CCCc1cccc(OCc2ccccc2)c1OC. The summed E-state index contributed by atoms with van der Waals surface area (Å²) in [5.41, 5.74) is 2.36. The molecule has 0 saturated heterocycles. The van der Waals surface area contributed by atoms with Gasteiger partial charge in [0.1, 0.15) is 6.61 Å². The topological polar surface area (TPSA) is 18.5 Å². The van der Waals surface area contributed by atoms with Crippen molar-refractivity contribution in [1.82, 2.24) is 0 Å². The minimum absolute atomic E-state index is 0.562. The van der Waals surface area contributed by atoms with E-state index >= 15 is 0 Å². The Bertz CT molecular complexity index is 506. The number of hydrogen-bond donors (Lipinski definition) is 0. The zero-order valence-corrected chi connectivity index (χ0v) is 11.6. The zero-order chi connectivity index (χ0) is 13.5. The molecule has 0 bridgehead atoms. The molecule has 0 spiro atoms. The first-order valence-electron chi connectivity index (χ1n) is 6.67. The van der Waals surface area contributed by atoms with Crippen LogP contribution in [-0.2, 0) is 13.0 Å². The van der Waals surface area contributed by atoms with Gasteiger partial charge in [0.2, 0.25) is 0 Å². The van der Waals surface area contributed by atoms with E-state index in [4.69, 9.17) is 9.47 Å². The van der Waals surface area contributed by atoms with E-state index in [-0.39, 0.29) is 0 Å². The number of aryl methyl sites for hydroxylation is 1. The van der Waals surface area contributed by atoms with E-state index in [1.165, 1.54) is 5.56 Å². The Balaban J connectivity index is 2.13. The lowest BCUT2D eigenvalue weighted by atomic mass is 10.1. The third kappa shape index (κ3) is 3.50. The summed E-state index contributed by atoms with van der Waals surface area (Å²) in [6.45, 7) is 2.73. The first kappa shape index (κ1) is 13.5. The van der Waals surface area contributed by atoms with Crippen LogP contribution in [0.25, 0.3) is 0 Å². The van der Waals surface area contributed by atoms with Gasteiger partial charge in [0.15, 0.2) is 11.5 Å². The molecule has 19 heavy (non-hydrogen) atoms. The van der Waals surface area contributed by atoms with Crippen molar-refractivity contribution in [3.63, 3.8) is 0 Å². The summed E-state index contributed by atoms with van der Waals surface area (Å²) in [4.78, 5) is 0. The summed E-state index contributed by atoms with van der Waals surface area (Å²) in [5, 5.41) is 0. The summed E-state index contributed by atoms with van der Waals surface area (Å²) >= 11 is 0. The number of ether oxygens (including phenoxy) is 2. The fourth-order valence-electron chi connectivity index (χ4n) is 2.11. The molecule has 0 N–H and O–H groups in total. The fourth-order valence-corrected chi connectivity index (χ4v) is 2.11. The second-order valence-electron chi connectivity index (χ2n) is 4.47. The Morgan fingerprint density at radius 3 is 2.42 bits per heavy atom. The van der Waals surface area contributed by atoms with E-state index in [1.54, 1.807) is 7.11 Å². The summed E-state index contributed by atoms with van der Waals surface area (Å²) in [7, 11) is 1.70. The minimum atomic E-state index is 0.562. The van der Waals surface area contributed by atoms with E-state index < -0.39 is 0 Å². The van der Waals surface area contributed by atoms with Gasteiger partial charge in [-0.2, -0.15) is 0 Å². The Morgan fingerprint density at radius 2 is 1.74 bits per heavy atom. The highest BCUT2D eigenvalue weighted by molar-refractivity contribution is 5.46. The largest absolute Gasteiger partial charge is 0.493 e. The first-order chi connectivity index (χ1) is 9.35. The molecule has 0 fully saturated rings. The van der Waals surface area contributed by atoms with Gasteiger partial charge in [0.05, 0.1) is 7.11 Å². The van der Waals surface area contributed by atoms with Crippen molar-refractivity contribution in [2.24, 2.45) is 0 Å². The molecule has 0 aliphatic carbocycles. The summed E-state index contributed by atoms with van der Waals surface area (Å²) in [6.07, 6.45) is 2.10. The molecule has 2 heteroatoms. The number of benzene rings is 2. The van der Waals surface area contributed by atoms with E-state index in [9.17, 15) is 0 Å². The highest BCUT2D eigenvalue weighted by atomic mass is 16.5. The number of hydrogen-bond acceptors (Lipinski definition) is 2. The molecular formula is C17H20O2. The molecule has 0 atom stereocenters. The van der Waals surface area contributed by atoms with Gasteiger partial charge in [-0.25, -0.2) is 0 Å². The van der Waals surface area contributed by atoms with Gasteiger partial charge in [-0.3, -0.25) is 0 Å². The molecule has 100 valence electrons. The average molecular weight is 256 g/mol. The summed E-state index contributed by atoms with van der Waals surface area (Å²) in [5.74, 6) is 1.68. The lowest BCUT2D eigenvalue weighted by Gasteiger charge is -2.14.